The third-order valence-electron chi connectivity index (χ3n) is 3.52. The smallest absolute Gasteiger partial charge is 0.274 e. The predicted octanol–water partition coefficient (Wildman–Crippen LogP) is 3.22. The molecule has 0 aliphatic rings. The molecule has 0 aliphatic heterocycles. The average Bonchev–Trinajstić information content (AvgIpc) is 3.08. The van der Waals surface area contributed by atoms with Crippen LogP contribution >= 0.6 is 11.3 Å². The number of amides is 1. The van der Waals surface area contributed by atoms with E-state index in [1.54, 1.807) is 34.3 Å². The normalized spacial score (nSPS) is 10.4. The molecular formula is C18H16N2O3S. The molecule has 1 aromatic carbocycles. The SMILES string of the molecule is COc1ccsc1C(=O)Nc1cccn(Cc2ccccc2)c1=O. The van der Waals surface area contributed by atoms with Crippen molar-refractivity contribution >= 4 is 22.9 Å². The van der Waals surface area contributed by atoms with E-state index < -0.39 is 0 Å². The molecule has 0 spiro atoms. The van der Waals surface area contributed by atoms with Crippen LogP contribution < -0.4 is 15.6 Å². The van der Waals surface area contributed by atoms with E-state index in [4.69, 9.17) is 4.74 Å². The van der Waals surface area contributed by atoms with Gasteiger partial charge in [-0.1, -0.05) is 30.3 Å². The van der Waals surface area contributed by atoms with Gasteiger partial charge in [0.05, 0.1) is 13.7 Å². The summed E-state index contributed by atoms with van der Waals surface area (Å²) < 4.78 is 6.71. The number of hydrogen-bond donors (Lipinski definition) is 1. The van der Waals surface area contributed by atoms with Crippen molar-refractivity contribution < 1.29 is 9.53 Å². The van der Waals surface area contributed by atoms with Crippen LogP contribution in [-0.4, -0.2) is 17.6 Å². The van der Waals surface area contributed by atoms with Gasteiger partial charge in [0.15, 0.2) is 0 Å². The summed E-state index contributed by atoms with van der Waals surface area (Å²) in [6, 6.07) is 14.7. The zero-order chi connectivity index (χ0) is 16.9. The number of nitrogens with one attached hydrogen (secondary N) is 1. The van der Waals surface area contributed by atoms with Crippen molar-refractivity contribution in [1.29, 1.82) is 0 Å². The maximum Gasteiger partial charge on any atom is 0.274 e. The summed E-state index contributed by atoms with van der Waals surface area (Å²) in [6.07, 6.45) is 1.71. The quantitative estimate of drug-likeness (QED) is 0.776. The number of carbonyl (C=O) groups is 1. The van der Waals surface area contributed by atoms with Crippen LogP contribution in [0.25, 0.3) is 0 Å². The Morgan fingerprint density at radius 3 is 2.71 bits per heavy atom. The summed E-state index contributed by atoms with van der Waals surface area (Å²) in [6.45, 7) is 0.450. The van der Waals surface area contributed by atoms with Gasteiger partial charge in [-0.05, 0) is 29.1 Å². The number of methoxy groups -OCH3 is 1. The fraction of sp³-hybridized carbons (Fsp3) is 0.111. The molecule has 1 amide bonds. The lowest BCUT2D eigenvalue weighted by molar-refractivity contribution is 0.102. The molecule has 3 rings (SSSR count). The van der Waals surface area contributed by atoms with Crippen molar-refractivity contribution in [3.63, 3.8) is 0 Å². The highest BCUT2D eigenvalue weighted by Crippen LogP contribution is 2.24. The van der Waals surface area contributed by atoms with Crippen molar-refractivity contribution in [3.05, 3.63) is 80.9 Å². The number of thiophene rings is 1. The molecule has 0 radical (unpaired) electrons. The highest BCUT2D eigenvalue weighted by Gasteiger charge is 2.15. The molecule has 0 saturated carbocycles. The molecule has 5 nitrogen and oxygen atoms in total. The van der Waals surface area contributed by atoms with Crippen LogP contribution in [-0.2, 0) is 6.54 Å². The van der Waals surface area contributed by atoms with Gasteiger partial charge in [-0.3, -0.25) is 9.59 Å². The molecule has 2 aromatic heterocycles. The van der Waals surface area contributed by atoms with Gasteiger partial charge in [-0.2, -0.15) is 0 Å². The fourth-order valence-corrected chi connectivity index (χ4v) is 3.09. The first-order valence-corrected chi connectivity index (χ1v) is 8.23. The van der Waals surface area contributed by atoms with Gasteiger partial charge >= 0.3 is 0 Å². The Kier molecular flexibility index (Phi) is 4.77. The molecule has 2 heterocycles. The molecular weight excluding hydrogens is 324 g/mol. The first-order valence-electron chi connectivity index (χ1n) is 7.35. The molecule has 0 unspecified atom stereocenters. The maximum atomic E-state index is 12.6. The Bertz CT molecular complexity index is 900. The van der Waals surface area contributed by atoms with Crippen molar-refractivity contribution in [1.82, 2.24) is 4.57 Å². The zero-order valence-electron chi connectivity index (χ0n) is 13.1. The molecule has 0 fully saturated rings. The summed E-state index contributed by atoms with van der Waals surface area (Å²) in [4.78, 5) is 25.3. The number of pyridine rings is 1. The van der Waals surface area contributed by atoms with Gasteiger partial charge in [0, 0.05) is 6.20 Å². The molecule has 0 bridgehead atoms. The third-order valence-corrected chi connectivity index (χ3v) is 4.41. The third kappa shape index (κ3) is 3.38. The lowest BCUT2D eigenvalue weighted by Crippen LogP contribution is -2.25. The second-order valence-corrected chi connectivity index (χ2v) is 6.03. The van der Waals surface area contributed by atoms with Crippen LogP contribution in [0.1, 0.15) is 15.2 Å². The second kappa shape index (κ2) is 7.14. The first-order chi connectivity index (χ1) is 11.7. The molecule has 122 valence electrons. The monoisotopic (exact) mass is 340 g/mol. The minimum absolute atomic E-state index is 0.244. The Morgan fingerprint density at radius 1 is 1.17 bits per heavy atom. The largest absolute Gasteiger partial charge is 0.495 e. The van der Waals surface area contributed by atoms with E-state index in [0.717, 1.165) is 5.56 Å². The van der Waals surface area contributed by atoms with E-state index >= 15 is 0 Å². The lowest BCUT2D eigenvalue weighted by atomic mass is 10.2. The Morgan fingerprint density at radius 2 is 1.96 bits per heavy atom. The summed E-state index contributed by atoms with van der Waals surface area (Å²) in [7, 11) is 1.51. The van der Waals surface area contributed by atoms with E-state index in [-0.39, 0.29) is 17.2 Å². The lowest BCUT2D eigenvalue weighted by Gasteiger charge is -2.09. The summed E-state index contributed by atoms with van der Waals surface area (Å²) >= 11 is 1.27. The van der Waals surface area contributed by atoms with E-state index in [1.807, 2.05) is 30.3 Å². The molecule has 3 aromatic rings. The predicted molar refractivity (Wildman–Crippen MR) is 95.1 cm³/mol. The topological polar surface area (TPSA) is 60.3 Å². The number of anilines is 1. The number of nitrogens with zero attached hydrogens (tertiary/aromatic N) is 1. The minimum Gasteiger partial charge on any atom is -0.495 e. The van der Waals surface area contributed by atoms with E-state index in [2.05, 4.69) is 5.32 Å². The van der Waals surface area contributed by atoms with Crippen molar-refractivity contribution in [2.24, 2.45) is 0 Å². The van der Waals surface area contributed by atoms with Gasteiger partial charge in [0.1, 0.15) is 16.3 Å². The average molecular weight is 340 g/mol. The second-order valence-electron chi connectivity index (χ2n) is 5.11. The molecule has 0 aliphatic carbocycles. The Labute approximate surface area is 143 Å². The van der Waals surface area contributed by atoms with Crippen molar-refractivity contribution in [2.75, 3.05) is 12.4 Å². The van der Waals surface area contributed by atoms with Crippen molar-refractivity contribution in [2.45, 2.75) is 6.54 Å². The summed E-state index contributed by atoms with van der Waals surface area (Å²) in [5.41, 5.74) is 1.02. The Balaban J connectivity index is 1.83. The standard InChI is InChI=1S/C18H16N2O3S/c1-23-15-9-11-24-16(15)17(21)19-14-8-5-10-20(18(14)22)12-13-6-3-2-4-7-13/h2-11H,12H2,1H3,(H,19,21). The number of ether oxygens (including phenoxy) is 1. The summed E-state index contributed by atoms with van der Waals surface area (Å²) in [5.74, 6) is 0.148. The van der Waals surface area contributed by atoms with Gasteiger partial charge in [-0.25, -0.2) is 0 Å². The van der Waals surface area contributed by atoms with Crippen LogP contribution in [0.15, 0.2) is 64.9 Å². The molecule has 0 atom stereocenters. The molecule has 0 saturated heterocycles. The van der Waals surface area contributed by atoms with Gasteiger partial charge in [0.25, 0.3) is 11.5 Å². The summed E-state index contributed by atoms with van der Waals surface area (Å²) in [5, 5.41) is 4.44. The highest BCUT2D eigenvalue weighted by atomic mass is 32.1. The van der Waals surface area contributed by atoms with Crippen LogP contribution in [0, 0.1) is 0 Å². The van der Waals surface area contributed by atoms with Crippen molar-refractivity contribution in [3.8, 4) is 5.75 Å². The number of hydrogen-bond acceptors (Lipinski definition) is 4. The van der Waals surface area contributed by atoms with E-state index in [1.165, 1.54) is 18.4 Å². The van der Waals surface area contributed by atoms with E-state index in [0.29, 0.717) is 17.2 Å². The first kappa shape index (κ1) is 16.0. The Hall–Kier alpha value is -2.86. The highest BCUT2D eigenvalue weighted by molar-refractivity contribution is 7.12. The number of benzene rings is 1. The zero-order valence-corrected chi connectivity index (χ0v) is 13.9. The van der Waals surface area contributed by atoms with Gasteiger partial charge in [0.2, 0.25) is 0 Å². The number of carbonyl (C=O) groups excluding carboxylic acids is 1. The number of aromatic nitrogens is 1. The molecule has 24 heavy (non-hydrogen) atoms. The van der Waals surface area contributed by atoms with Crippen LogP contribution in [0.4, 0.5) is 5.69 Å². The number of rotatable bonds is 5. The van der Waals surface area contributed by atoms with Crippen LogP contribution in [0.3, 0.4) is 0 Å². The fourth-order valence-electron chi connectivity index (χ4n) is 2.34. The van der Waals surface area contributed by atoms with Gasteiger partial charge < -0.3 is 14.6 Å². The molecule has 6 heteroatoms. The maximum absolute atomic E-state index is 12.6. The van der Waals surface area contributed by atoms with Crippen LogP contribution in [0.2, 0.25) is 0 Å². The molecule has 1 N–H and O–H groups in total. The van der Waals surface area contributed by atoms with Gasteiger partial charge in [-0.15, -0.1) is 11.3 Å². The minimum atomic E-state index is -0.351. The van der Waals surface area contributed by atoms with E-state index in [9.17, 15) is 9.59 Å². The van der Waals surface area contributed by atoms with Crippen LogP contribution in [0.5, 0.6) is 5.75 Å².